The van der Waals surface area contributed by atoms with E-state index in [2.05, 4.69) is 34.1 Å². The predicted molar refractivity (Wildman–Crippen MR) is 122 cm³/mol. The minimum Gasteiger partial charge on any atom is -0.316 e. The van der Waals surface area contributed by atoms with Gasteiger partial charge in [0.25, 0.3) is 0 Å². The van der Waals surface area contributed by atoms with Crippen LogP contribution in [-0.2, 0) is 0 Å². The number of nitrogen functional groups attached to an aromatic ring is 1. The lowest BCUT2D eigenvalue weighted by molar-refractivity contribution is 0.133. The summed E-state index contributed by atoms with van der Waals surface area (Å²) in [7, 11) is 0. The van der Waals surface area contributed by atoms with Crippen LogP contribution in [0.4, 0.5) is 5.82 Å². The van der Waals surface area contributed by atoms with Crippen molar-refractivity contribution in [3.05, 3.63) is 78.5 Å². The van der Waals surface area contributed by atoms with Crippen molar-refractivity contribution < 1.29 is 5.21 Å². The van der Waals surface area contributed by atoms with Gasteiger partial charge in [0.05, 0.1) is 17.3 Å². The van der Waals surface area contributed by atoms with Gasteiger partial charge in [-0.3, -0.25) is 0 Å². The normalized spacial score (nSPS) is 11.7. The zero-order valence-corrected chi connectivity index (χ0v) is 16.9. The number of hydrogen-bond acceptors (Lipinski definition) is 6. The first-order valence-electron chi connectivity index (χ1n) is 9.03. The number of benzene rings is 2. The highest BCUT2D eigenvalue weighted by Gasteiger charge is 2.14. The standard InChI is InChI=1S/C22H21N5O.H2S/c1-14(27-28)15-7-9-17(10-8-15)21-18(16-5-3-2-4-6-16)13-19-20(25-21)11-12-24-22(19)26-23;/h2-14,27-28H,23H2,1H3,(H,24,26);1H2/t14-;/m1./s1. The third-order valence-corrected chi connectivity index (χ3v) is 4.84. The number of nitrogens with two attached hydrogens (primary N) is 1. The Bertz CT molecular complexity index is 1100. The molecule has 0 aliphatic rings. The van der Waals surface area contributed by atoms with E-state index in [9.17, 15) is 0 Å². The highest BCUT2D eigenvalue weighted by Crippen LogP contribution is 2.35. The molecular weight excluding hydrogens is 382 g/mol. The quantitative estimate of drug-likeness (QED) is 0.290. The van der Waals surface area contributed by atoms with Gasteiger partial charge in [0.15, 0.2) is 0 Å². The van der Waals surface area contributed by atoms with Gasteiger partial charge in [-0.2, -0.15) is 19.0 Å². The average Bonchev–Trinajstić information content (AvgIpc) is 2.78. The Kier molecular flexibility index (Phi) is 6.46. The Hall–Kier alpha value is -2.97. The molecule has 4 aromatic rings. The monoisotopic (exact) mass is 405 g/mol. The molecule has 0 amide bonds. The molecule has 0 radical (unpaired) electrons. The molecule has 0 fully saturated rings. The van der Waals surface area contributed by atoms with Crippen molar-refractivity contribution in [1.29, 1.82) is 0 Å². The zero-order valence-electron chi connectivity index (χ0n) is 15.9. The molecule has 5 N–H and O–H groups in total. The Morgan fingerprint density at radius 3 is 2.34 bits per heavy atom. The summed E-state index contributed by atoms with van der Waals surface area (Å²) in [4.78, 5) is 9.22. The van der Waals surface area contributed by atoms with Crippen LogP contribution in [0, 0.1) is 0 Å². The van der Waals surface area contributed by atoms with Crippen LogP contribution in [0.2, 0.25) is 0 Å². The van der Waals surface area contributed by atoms with Crippen LogP contribution in [-0.4, -0.2) is 15.2 Å². The summed E-state index contributed by atoms with van der Waals surface area (Å²) >= 11 is 0. The zero-order chi connectivity index (χ0) is 19.5. The van der Waals surface area contributed by atoms with Crippen molar-refractivity contribution in [2.24, 2.45) is 5.84 Å². The first-order valence-corrected chi connectivity index (χ1v) is 9.03. The van der Waals surface area contributed by atoms with Gasteiger partial charge >= 0.3 is 0 Å². The predicted octanol–water partition coefficient (Wildman–Crippen LogP) is 4.40. The van der Waals surface area contributed by atoms with E-state index in [1.54, 1.807) is 6.20 Å². The number of nitrogens with zero attached hydrogens (tertiary/aromatic N) is 2. The van der Waals surface area contributed by atoms with Crippen molar-refractivity contribution in [2.45, 2.75) is 13.0 Å². The molecule has 7 heteroatoms. The highest BCUT2D eigenvalue weighted by molar-refractivity contribution is 7.59. The number of hydroxylamine groups is 1. The summed E-state index contributed by atoms with van der Waals surface area (Å²) in [6, 6.07) is 21.9. The number of hydrazine groups is 1. The Morgan fingerprint density at radius 2 is 1.69 bits per heavy atom. The van der Waals surface area contributed by atoms with Gasteiger partial charge in [-0.1, -0.05) is 54.6 Å². The van der Waals surface area contributed by atoms with Crippen molar-refractivity contribution in [1.82, 2.24) is 15.4 Å². The van der Waals surface area contributed by atoms with E-state index in [0.717, 1.165) is 38.9 Å². The number of aromatic nitrogens is 2. The summed E-state index contributed by atoms with van der Waals surface area (Å²) < 4.78 is 0. The lowest BCUT2D eigenvalue weighted by atomic mass is 9.96. The lowest BCUT2D eigenvalue weighted by Gasteiger charge is -2.14. The van der Waals surface area contributed by atoms with Crippen LogP contribution in [0.5, 0.6) is 0 Å². The fraction of sp³-hybridized carbons (Fsp3) is 0.0909. The van der Waals surface area contributed by atoms with Gasteiger partial charge in [0, 0.05) is 22.7 Å². The highest BCUT2D eigenvalue weighted by atomic mass is 32.1. The van der Waals surface area contributed by atoms with Gasteiger partial charge < -0.3 is 10.6 Å². The number of hydrogen-bond donors (Lipinski definition) is 4. The molecule has 0 bridgehead atoms. The third-order valence-electron chi connectivity index (χ3n) is 4.84. The minimum atomic E-state index is -0.142. The molecule has 148 valence electrons. The van der Waals surface area contributed by atoms with Crippen LogP contribution in [0.15, 0.2) is 72.9 Å². The van der Waals surface area contributed by atoms with Crippen LogP contribution in [0.3, 0.4) is 0 Å². The molecular formula is C22H23N5OS. The Balaban J connectivity index is 0.00000240. The number of pyridine rings is 2. The number of rotatable bonds is 5. The molecule has 0 saturated carbocycles. The van der Waals surface area contributed by atoms with Gasteiger partial charge in [0.1, 0.15) is 5.82 Å². The topological polar surface area (TPSA) is 96.1 Å². The van der Waals surface area contributed by atoms with E-state index in [-0.39, 0.29) is 19.5 Å². The average molecular weight is 406 g/mol. The fourth-order valence-corrected chi connectivity index (χ4v) is 3.27. The second-order valence-electron chi connectivity index (χ2n) is 6.59. The molecule has 0 saturated heterocycles. The molecule has 4 rings (SSSR count). The van der Waals surface area contributed by atoms with Crippen molar-refractivity contribution in [3.8, 4) is 22.4 Å². The maximum absolute atomic E-state index is 9.15. The van der Waals surface area contributed by atoms with E-state index in [1.165, 1.54) is 0 Å². The van der Waals surface area contributed by atoms with E-state index >= 15 is 0 Å². The van der Waals surface area contributed by atoms with E-state index in [4.69, 9.17) is 16.0 Å². The SMILES string of the molecule is C[C@@H](NO)c1ccc(-c2nc3ccnc(NN)c3cc2-c2ccccc2)cc1.S. The molecule has 1 atom stereocenters. The Labute approximate surface area is 176 Å². The molecule has 29 heavy (non-hydrogen) atoms. The number of fused-ring (bicyclic) bond motifs is 1. The van der Waals surface area contributed by atoms with Gasteiger partial charge in [-0.25, -0.2) is 15.8 Å². The van der Waals surface area contributed by atoms with Crippen LogP contribution >= 0.6 is 13.5 Å². The molecule has 6 nitrogen and oxygen atoms in total. The third kappa shape index (κ3) is 4.08. The van der Waals surface area contributed by atoms with Crippen LogP contribution < -0.4 is 16.7 Å². The number of anilines is 1. The first kappa shape index (κ1) is 20.8. The van der Waals surface area contributed by atoms with Crippen LogP contribution in [0.25, 0.3) is 33.3 Å². The summed E-state index contributed by atoms with van der Waals surface area (Å²) in [5.41, 5.74) is 10.7. The maximum Gasteiger partial charge on any atom is 0.149 e. The maximum atomic E-state index is 9.15. The molecule has 2 aromatic carbocycles. The van der Waals surface area contributed by atoms with Gasteiger partial charge in [-0.05, 0) is 30.2 Å². The Morgan fingerprint density at radius 1 is 0.966 bits per heavy atom. The summed E-state index contributed by atoms with van der Waals surface area (Å²) in [6.07, 6.45) is 1.69. The van der Waals surface area contributed by atoms with Crippen molar-refractivity contribution >= 4 is 30.2 Å². The lowest BCUT2D eigenvalue weighted by Crippen LogP contribution is -2.12. The van der Waals surface area contributed by atoms with E-state index in [0.29, 0.717) is 5.82 Å². The molecule has 2 heterocycles. The van der Waals surface area contributed by atoms with Gasteiger partial charge in [-0.15, -0.1) is 0 Å². The summed E-state index contributed by atoms with van der Waals surface area (Å²) in [5, 5.41) is 10.0. The molecule has 0 aliphatic heterocycles. The van der Waals surface area contributed by atoms with Crippen molar-refractivity contribution in [2.75, 3.05) is 5.43 Å². The summed E-state index contributed by atoms with van der Waals surface area (Å²) in [6.45, 7) is 1.90. The van der Waals surface area contributed by atoms with E-state index in [1.807, 2.05) is 55.5 Å². The largest absolute Gasteiger partial charge is 0.316 e. The van der Waals surface area contributed by atoms with Crippen LogP contribution in [0.1, 0.15) is 18.5 Å². The van der Waals surface area contributed by atoms with Gasteiger partial charge in [0.2, 0.25) is 0 Å². The second-order valence-corrected chi connectivity index (χ2v) is 6.59. The molecule has 2 aromatic heterocycles. The molecule has 0 spiro atoms. The fourth-order valence-electron chi connectivity index (χ4n) is 3.27. The molecule has 0 unspecified atom stereocenters. The summed E-state index contributed by atoms with van der Waals surface area (Å²) in [5.74, 6) is 6.24. The van der Waals surface area contributed by atoms with Crippen molar-refractivity contribution in [3.63, 3.8) is 0 Å². The minimum absolute atomic E-state index is 0. The number of nitrogens with one attached hydrogen (secondary N) is 2. The smallest absolute Gasteiger partial charge is 0.149 e. The first-order chi connectivity index (χ1) is 13.7. The van der Waals surface area contributed by atoms with E-state index < -0.39 is 0 Å². The molecule has 0 aliphatic carbocycles. The second kappa shape index (κ2) is 9.02.